The molecule has 3 aromatic heterocycles. The van der Waals surface area contributed by atoms with E-state index in [0.29, 0.717) is 50.6 Å². The summed E-state index contributed by atoms with van der Waals surface area (Å²) in [6, 6.07) is 71.7. The number of furan rings is 1. The molecule has 0 unspecified atom stereocenters. The second kappa shape index (κ2) is 26.8. The Kier molecular flexibility index (Phi) is 14.4. The van der Waals surface area contributed by atoms with E-state index >= 15 is 0 Å². The molecular weight excluding hydrogens is 1430 g/mol. The van der Waals surface area contributed by atoms with E-state index < -0.39 is 44.6 Å². The second-order valence-electron chi connectivity index (χ2n) is 40.0. The van der Waals surface area contributed by atoms with Crippen LogP contribution in [0.15, 0.2) is 283 Å². The fourth-order valence-electron chi connectivity index (χ4n) is 17.7. The predicted molar refractivity (Wildman–Crippen MR) is 509 cm³/mol. The Bertz CT molecular complexity index is 7490. The Hall–Kier alpha value is -11.9. The van der Waals surface area contributed by atoms with Crippen LogP contribution >= 0.6 is 0 Å². The summed E-state index contributed by atoms with van der Waals surface area (Å²) >= 11 is 0. The lowest BCUT2D eigenvalue weighted by Gasteiger charge is -2.47. The van der Waals surface area contributed by atoms with Crippen LogP contribution in [0.1, 0.15) is 201 Å². The van der Waals surface area contributed by atoms with Crippen LogP contribution in [-0.4, -0.2) is 15.8 Å². The van der Waals surface area contributed by atoms with E-state index in [0.717, 1.165) is 117 Å². The number of benzene rings is 14. The highest BCUT2D eigenvalue weighted by atomic mass is 16.3. The molecule has 0 N–H and O–H groups in total. The molecule has 19 rings (SSSR count). The normalized spacial score (nSPS) is 15.0. The predicted octanol–water partition coefficient (Wildman–Crippen LogP) is 29.6. The van der Waals surface area contributed by atoms with E-state index in [1.165, 1.54) is 0 Å². The number of hydrogen-bond acceptors (Lipinski definition) is 3. The maximum Gasteiger partial charge on any atom is 0.252 e. The third kappa shape index (κ3) is 12.5. The van der Waals surface area contributed by atoms with Crippen molar-refractivity contribution in [3.8, 4) is 55.9 Å². The second-order valence-corrected chi connectivity index (χ2v) is 40.0. The minimum atomic E-state index is -0.817. The number of nitrogens with zero attached hydrogens (tertiary/aromatic N) is 4. The highest BCUT2D eigenvalue weighted by Crippen LogP contribution is 2.57. The minimum Gasteiger partial charge on any atom is -0.456 e. The summed E-state index contributed by atoms with van der Waals surface area (Å²) in [6.07, 6.45) is 0. The first kappa shape index (κ1) is 63.3. The van der Waals surface area contributed by atoms with Crippen LogP contribution in [0.2, 0.25) is 0 Å². The lowest BCUT2D eigenvalue weighted by Crippen LogP contribution is -2.61. The fraction of sp³-hybridized carbons (Fsp3) is 0.250. The summed E-state index contributed by atoms with van der Waals surface area (Å²) in [5.74, 6) is 0. The van der Waals surface area contributed by atoms with E-state index in [1.807, 2.05) is 141 Å². The van der Waals surface area contributed by atoms with E-state index in [-0.39, 0.29) is 116 Å². The molecule has 2 aliphatic rings. The van der Waals surface area contributed by atoms with Crippen LogP contribution in [0.25, 0.3) is 121 Å². The first-order valence-corrected chi connectivity index (χ1v) is 41.7. The number of aromatic nitrogens is 2. The number of fused-ring (bicyclic) bond motifs is 13. The van der Waals surface area contributed by atoms with E-state index in [2.05, 4.69) is 230 Å². The fourth-order valence-corrected chi connectivity index (χ4v) is 17.7. The average molecular weight is 1550 g/mol. The standard InChI is InChI=1S/C112H109BN4O/c1-106(2,3)71-44-52-92-85(56-71)86-57-72(107(4,5)6)45-53-93(86)114(92)78-48-50-90-96(66-78)116(104-82(68-34-25-22-26-35-68)60-75(110(13,14)15)61-83(104)69-36-27-23-28-37-69)98-64-77(112(19,20)21)65-99-103(98)113(90)91-51-49-79(115-94-54-46-73(108(7,8)9)58-87(94)88-59-74(109(10,11)12)47-55-95(88)115)67-97(91)117(99)105-84(70-38-29-24-30-39-70)62-76(111(16,17)18)63-89(105)80-41-33-43-101-102(80)81-40-31-32-42-100(81)118-101/h22-67H,1-21H3/i44D,45D,46D,47D,52D,53D,54D,55D,56D,57D,58D,59D. The van der Waals surface area contributed by atoms with Crippen LogP contribution in [0.4, 0.5) is 34.1 Å². The zero-order valence-corrected chi connectivity index (χ0v) is 71.9. The quantitative estimate of drug-likeness (QED) is 0.142. The molecule has 0 aliphatic carbocycles. The molecule has 14 aromatic carbocycles. The third-order valence-electron chi connectivity index (χ3n) is 24.3. The van der Waals surface area contributed by atoms with Crippen LogP contribution < -0.4 is 26.2 Å². The van der Waals surface area contributed by atoms with Gasteiger partial charge in [-0.25, -0.2) is 0 Å². The summed E-state index contributed by atoms with van der Waals surface area (Å²) in [5.41, 5.74) is 17.4. The molecule has 5 heterocycles. The van der Waals surface area contributed by atoms with Crippen molar-refractivity contribution in [2.75, 3.05) is 9.80 Å². The van der Waals surface area contributed by atoms with Gasteiger partial charge in [-0.2, -0.15) is 0 Å². The van der Waals surface area contributed by atoms with E-state index in [4.69, 9.17) is 4.42 Å². The van der Waals surface area contributed by atoms with Crippen molar-refractivity contribution in [3.63, 3.8) is 0 Å². The SMILES string of the molecule is [2H]c1c(C(C)(C)C)c([2H])c2c3c([2H])c(C(C)(C)C)c([2H])c([2H])c3n(-c3ccc4c(c3)N(c3c(-c5ccccc5)cc(C(C)(C)C)cc3-c3ccccc3)c3cc(C(C)(C)C)cc5c3B4c3ccc(-n4c6c([2H])c([2H])c(C(C)(C)C)c([2H])c6c6c([2H])c(C(C)(C)C)c([2H])c([2H])c64)cc3N5c3c(-c4ccccc4)cc(C(C)(C)C)cc3-c3cccc4oc5ccccc5c34)c2c1[2H]. The van der Waals surface area contributed by atoms with Gasteiger partial charge < -0.3 is 23.4 Å². The van der Waals surface area contributed by atoms with Crippen molar-refractivity contribution in [1.82, 2.24) is 9.13 Å². The molecule has 118 heavy (non-hydrogen) atoms. The molecular formula is C112H109BN4O. The van der Waals surface area contributed by atoms with Gasteiger partial charge in [0.15, 0.2) is 0 Å². The Morgan fingerprint density at radius 2 is 0.593 bits per heavy atom. The van der Waals surface area contributed by atoms with Crippen molar-refractivity contribution >= 4 is 123 Å². The first-order valence-electron chi connectivity index (χ1n) is 47.7. The Labute approximate surface area is 715 Å². The molecule has 0 bridgehead atoms. The third-order valence-corrected chi connectivity index (χ3v) is 24.3. The monoisotopic (exact) mass is 1550 g/mol. The van der Waals surface area contributed by atoms with Gasteiger partial charge in [0.05, 0.1) is 49.9 Å². The van der Waals surface area contributed by atoms with Crippen molar-refractivity contribution in [3.05, 3.63) is 318 Å². The van der Waals surface area contributed by atoms with Gasteiger partial charge >= 0.3 is 0 Å². The van der Waals surface area contributed by atoms with Crippen LogP contribution in [0, 0.1) is 0 Å². The number of anilines is 6. The average Bonchev–Trinajstić information content (AvgIpc) is 0.989. The lowest BCUT2D eigenvalue weighted by atomic mass is 9.33. The molecule has 0 radical (unpaired) electrons. The molecule has 0 saturated heterocycles. The van der Waals surface area contributed by atoms with Crippen molar-refractivity contribution in [2.24, 2.45) is 0 Å². The summed E-state index contributed by atoms with van der Waals surface area (Å²) < 4.78 is 135. The van der Waals surface area contributed by atoms with Gasteiger partial charge in [0.2, 0.25) is 0 Å². The molecule has 17 aromatic rings. The smallest absolute Gasteiger partial charge is 0.252 e. The number of rotatable bonds is 8. The molecule has 6 heteroatoms. The first-order chi connectivity index (χ1) is 61.0. The van der Waals surface area contributed by atoms with Gasteiger partial charge in [0, 0.05) is 88.7 Å². The van der Waals surface area contributed by atoms with Crippen LogP contribution in [0.5, 0.6) is 0 Å². The topological polar surface area (TPSA) is 29.5 Å². The maximum absolute atomic E-state index is 10.6. The number of hydrogen-bond donors (Lipinski definition) is 0. The maximum atomic E-state index is 10.6. The van der Waals surface area contributed by atoms with Crippen molar-refractivity contribution < 1.29 is 20.9 Å². The van der Waals surface area contributed by atoms with Crippen molar-refractivity contribution in [1.29, 1.82) is 0 Å². The Morgan fingerprint density at radius 3 is 0.958 bits per heavy atom. The number of para-hydroxylation sites is 1. The summed E-state index contributed by atoms with van der Waals surface area (Å²) in [6.45, 7) is 42.8. The van der Waals surface area contributed by atoms with Crippen molar-refractivity contribution in [2.45, 2.75) is 183 Å². The van der Waals surface area contributed by atoms with Gasteiger partial charge in [0.25, 0.3) is 6.71 Å². The molecule has 0 saturated carbocycles. The molecule has 5 nitrogen and oxygen atoms in total. The molecule has 0 fully saturated rings. The van der Waals surface area contributed by atoms with E-state index in [9.17, 15) is 16.4 Å². The molecule has 2 aliphatic heterocycles. The zero-order chi connectivity index (χ0) is 93.0. The summed E-state index contributed by atoms with van der Waals surface area (Å²) in [5, 5.41) is 2.89. The van der Waals surface area contributed by atoms with Crippen LogP contribution in [-0.2, 0) is 37.9 Å². The largest absolute Gasteiger partial charge is 0.456 e. The Balaban J connectivity index is 1.06. The lowest BCUT2D eigenvalue weighted by molar-refractivity contribution is 0.590. The molecule has 0 amide bonds. The van der Waals surface area contributed by atoms with Gasteiger partial charge in [0.1, 0.15) is 11.2 Å². The molecule has 0 atom stereocenters. The highest BCUT2D eigenvalue weighted by Gasteiger charge is 2.47. The zero-order valence-electron chi connectivity index (χ0n) is 83.9. The van der Waals surface area contributed by atoms with E-state index in [1.54, 1.807) is 0 Å². The minimum absolute atomic E-state index is 0.0137. The summed E-state index contributed by atoms with van der Waals surface area (Å²) in [7, 11) is 0. The Morgan fingerprint density at radius 1 is 0.271 bits per heavy atom. The highest BCUT2D eigenvalue weighted by molar-refractivity contribution is 7.00. The van der Waals surface area contributed by atoms with Crippen LogP contribution in [0.3, 0.4) is 0 Å². The molecule has 586 valence electrons. The van der Waals surface area contributed by atoms with Gasteiger partial charge in [-0.1, -0.05) is 303 Å². The van der Waals surface area contributed by atoms with Gasteiger partial charge in [-0.3, -0.25) is 0 Å². The molecule has 0 spiro atoms. The van der Waals surface area contributed by atoms with Gasteiger partial charge in [-0.05, 0) is 237 Å². The van der Waals surface area contributed by atoms with Gasteiger partial charge in [-0.15, -0.1) is 0 Å². The summed E-state index contributed by atoms with van der Waals surface area (Å²) in [4.78, 5) is 4.92.